The smallest absolute Gasteiger partial charge is 0.0717 e. The minimum atomic E-state index is 0.995. The van der Waals surface area contributed by atoms with Crippen LogP contribution in [0.15, 0.2) is 99.4 Å². The summed E-state index contributed by atoms with van der Waals surface area (Å²) >= 11 is 31.4. The molecule has 0 unspecified atom stereocenters. The zero-order valence-electron chi connectivity index (χ0n) is 26.0. The van der Waals surface area contributed by atoms with Crippen molar-refractivity contribution in [1.29, 1.82) is 0 Å². The van der Waals surface area contributed by atoms with Crippen molar-refractivity contribution in [3.05, 3.63) is 122 Å². The van der Waals surface area contributed by atoms with Crippen LogP contribution in [0.2, 0.25) is 0 Å². The molecule has 0 nitrogen and oxygen atoms in total. The van der Waals surface area contributed by atoms with E-state index in [9.17, 15) is 0 Å². The Kier molecular flexibility index (Phi) is 15.2. The number of rotatable bonds is 4. The third kappa shape index (κ3) is 9.64. The van der Waals surface area contributed by atoms with Crippen molar-refractivity contribution in [2.24, 2.45) is 0 Å². The van der Waals surface area contributed by atoms with Crippen LogP contribution in [0.4, 0.5) is 0 Å². The van der Waals surface area contributed by atoms with Crippen molar-refractivity contribution < 1.29 is 0 Å². The van der Waals surface area contributed by atoms with Gasteiger partial charge in [-0.1, -0.05) is 143 Å². The zero-order chi connectivity index (χ0) is 33.0. The number of thioether (sulfide) groups is 16. The minimum absolute atomic E-state index is 0.995. The van der Waals surface area contributed by atoms with Crippen molar-refractivity contribution >= 4 is 188 Å². The molecule has 0 amide bonds. The van der Waals surface area contributed by atoms with E-state index in [-0.39, 0.29) is 0 Å². The lowest BCUT2D eigenvalue weighted by Crippen LogP contribution is -1.86. The Balaban J connectivity index is 1.13. The molecule has 8 aliphatic heterocycles. The predicted octanol–water partition coefficient (Wildman–Crippen LogP) is 16.5. The number of hydrogen-bond donors (Lipinski definition) is 0. The molecule has 8 heterocycles. The van der Waals surface area contributed by atoms with Gasteiger partial charge in [-0.2, -0.15) is 0 Å². The van der Waals surface area contributed by atoms with Gasteiger partial charge in [0.15, 0.2) is 0 Å². The molecule has 0 aliphatic carbocycles. The second kappa shape index (κ2) is 18.9. The first kappa shape index (κ1) is 38.7. The van der Waals surface area contributed by atoms with Crippen molar-refractivity contribution in [3.63, 3.8) is 0 Å². The molecule has 252 valence electrons. The Morgan fingerprint density at radius 2 is 0.562 bits per heavy atom. The van der Waals surface area contributed by atoms with Crippen molar-refractivity contribution in [3.8, 4) is 0 Å². The molecule has 0 saturated carbocycles. The average molecular weight is 926 g/mol. The van der Waals surface area contributed by atoms with Crippen LogP contribution in [-0.2, 0) is 23.0 Å². The molecule has 2 aromatic rings. The highest BCUT2D eigenvalue weighted by Crippen LogP contribution is 2.67. The first-order valence-corrected chi connectivity index (χ1v) is 29.6. The molecule has 0 N–H and O–H groups in total. The Labute approximate surface area is 353 Å². The van der Waals surface area contributed by atoms with Gasteiger partial charge in [-0.25, -0.2) is 0 Å². The van der Waals surface area contributed by atoms with Crippen LogP contribution in [0.3, 0.4) is 0 Å². The van der Waals surface area contributed by atoms with Gasteiger partial charge >= 0.3 is 0 Å². The molecule has 10 rings (SSSR count). The summed E-state index contributed by atoms with van der Waals surface area (Å²) in [6.07, 6.45) is 8.84. The van der Waals surface area contributed by atoms with E-state index < -0.39 is 0 Å². The van der Waals surface area contributed by atoms with E-state index in [2.05, 4.69) is 73.6 Å². The standard InChI is InChI=1S/C32H28S16/c1-33-21-22(34-2)42-29(41-21)32-47-27-28(48-32)40-16-20-11-7-18(8-12-20)14-38-26-24(36-4)44-31(46-26)30-43-23(35-3)25(45-30)37-13-17-5-9-19(10-6-17)15-39-27/h5-12H,13-16H2,1-4H3/b31-30-. The second-order valence-electron chi connectivity index (χ2n) is 9.87. The van der Waals surface area contributed by atoms with Gasteiger partial charge < -0.3 is 0 Å². The second-order valence-corrected chi connectivity index (χ2v) is 28.3. The highest BCUT2D eigenvalue weighted by molar-refractivity contribution is 8.46. The lowest BCUT2D eigenvalue weighted by Gasteiger charge is -2.08. The van der Waals surface area contributed by atoms with Gasteiger partial charge in [-0.3, -0.25) is 0 Å². The quantitative estimate of drug-likeness (QED) is 0.285. The summed E-state index contributed by atoms with van der Waals surface area (Å²) in [6, 6.07) is 18.8. The highest BCUT2D eigenvalue weighted by atomic mass is 32.3. The Hall–Kier alpha value is 2.48. The molecule has 16 heteroatoms. The molecule has 0 saturated heterocycles. The van der Waals surface area contributed by atoms with E-state index in [0.29, 0.717) is 0 Å². The topological polar surface area (TPSA) is 0 Å². The monoisotopic (exact) mass is 924 g/mol. The van der Waals surface area contributed by atoms with Crippen LogP contribution < -0.4 is 0 Å². The SMILES string of the molecule is CSC1=C(SC)SC(=C2SC3=C(SCc4ccc(cc4)CSC4=C(SC)S/C(=C5\SC(SC)=C(SCc6ccc(cc6)CS3)S5)S4)S2)S1. The largest absolute Gasteiger partial charge is 0.121 e. The van der Waals surface area contributed by atoms with Gasteiger partial charge in [0.05, 0.1) is 50.8 Å². The molecular weight excluding hydrogens is 897 g/mol. The summed E-state index contributed by atoms with van der Waals surface area (Å²) in [5.41, 5.74) is 5.58. The molecule has 8 aliphatic rings. The maximum absolute atomic E-state index is 2.35. The Bertz CT molecular complexity index is 1620. The van der Waals surface area contributed by atoms with E-state index in [4.69, 9.17) is 0 Å². The molecule has 0 atom stereocenters. The van der Waals surface area contributed by atoms with Crippen LogP contribution in [0.1, 0.15) is 22.3 Å². The first-order chi connectivity index (χ1) is 23.5. The van der Waals surface area contributed by atoms with Gasteiger partial charge in [0.25, 0.3) is 0 Å². The maximum atomic E-state index is 2.35. The highest BCUT2D eigenvalue weighted by Gasteiger charge is 2.32. The molecular formula is C32H28S16. The summed E-state index contributed by atoms with van der Waals surface area (Å²) in [5.74, 6) is 4.00. The van der Waals surface area contributed by atoms with E-state index >= 15 is 0 Å². The first-order valence-electron chi connectivity index (χ1n) is 14.2. The molecule has 2 aromatic carbocycles. The normalized spacial score (nSPS) is 22.6. The lowest BCUT2D eigenvalue weighted by atomic mass is 10.2. The van der Waals surface area contributed by atoms with E-state index in [1.54, 1.807) is 0 Å². The lowest BCUT2D eigenvalue weighted by molar-refractivity contribution is 1.35. The number of hydrogen-bond acceptors (Lipinski definition) is 16. The van der Waals surface area contributed by atoms with Crippen molar-refractivity contribution in [2.75, 3.05) is 25.0 Å². The Morgan fingerprint density at radius 1 is 0.312 bits per heavy atom. The Morgan fingerprint density at radius 3 is 0.896 bits per heavy atom. The fourth-order valence-electron chi connectivity index (χ4n) is 4.34. The molecule has 48 heavy (non-hydrogen) atoms. The third-order valence-corrected chi connectivity index (χ3v) is 29.6. The van der Waals surface area contributed by atoms with E-state index in [1.165, 1.54) is 73.1 Å². The van der Waals surface area contributed by atoms with Gasteiger partial charge in [0, 0.05) is 23.0 Å². The van der Waals surface area contributed by atoms with Gasteiger partial charge in [-0.15, -0.1) is 94.1 Å². The van der Waals surface area contributed by atoms with Gasteiger partial charge in [-0.05, 0) is 47.3 Å². The molecule has 0 spiro atoms. The van der Waals surface area contributed by atoms with Crippen LogP contribution >= 0.6 is 188 Å². The summed E-state index contributed by atoms with van der Waals surface area (Å²) in [5, 5.41) is 0. The van der Waals surface area contributed by atoms with Crippen LogP contribution in [-0.4, -0.2) is 25.0 Å². The summed E-state index contributed by atoms with van der Waals surface area (Å²) in [6.45, 7) is 0. The summed E-state index contributed by atoms with van der Waals surface area (Å²) < 4.78 is 17.4. The van der Waals surface area contributed by atoms with Crippen LogP contribution in [0.25, 0.3) is 0 Å². The zero-order valence-corrected chi connectivity index (χ0v) is 39.0. The average Bonchev–Trinajstić information content (AvgIpc) is 3.92. The summed E-state index contributed by atoms with van der Waals surface area (Å²) in [7, 11) is 0. The van der Waals surface area contributed by atoms with Crippen molar-refractivity contribution in [2.45, 2.75) is 23.0 Å². The fourth-order valence-corrected chi connectivity index (χ4v) is 26.4. The van der Waals surface area contributed by atoms with E-state index in [1.807, 2.05) is 188 Å². The van der Waals surface area contributed by atoms with Crippen LogP contribution in [0, 0.1) is 0 Å². The van der Waals surface area contributed by atoms with Gasteiger partial charge in [0.1, 0.15) is 0 Å². The molecule has 0 aromatic heterocycles. The van der Waals surface area contributed by atoms with Crippen LogP contribution in [0.5, 0.6) is 0 Å². The maximum Gasteiger partial charge on any atom is 0.0717 e. The summed E-state index contributed by atoms with van der Waals surface area (Å²) in [4.78, 5) is 0. The van der Waals surface area contributed by atoms with Gasteiger partial charge in [0.2, 0.25) is 0 Å². The molecule has 8 bridgehead atoms. The minimum Gasteiger partial charge on any atom is -0.121 e. The van der Waals surface area contributed by atoms with E-state index in [0.717, 1.165) is 23.0 Å². The molecule has 0 radical (unpaired) electrons. The molecule has 0 fully saturated rings. The third-order valence-electron chi connectivity index (χ3n) is 6.75. The predicted molar refractivity (Wildman–Crippen MR) is 255 cm³/mol. The fraction of sp³-hybridized carbons (Fsp3) is 0.250. The van der Waals surface area contributed by atoms with Crippen molar-refractivity contribution in [1.82, 2.24) is 0 Å². The number of benzene rings is 2.